The van der Waals surface area contributed by atoms with E-state index in [1.54, 1.807) is 25.3 Å². The summed E-state index contributed by atoms with van der Waals surface area (Å²) in [6.45, 7) is 0. The molecule has 1 heterocycles. The molecule has 3 rings (SSSR count). The van der Waals surface area contributed by atoms with Gasteiger partial charge in [-0.3, -0.25) is 4.98 Å². The SMILES string of the molecule is COc1cccc2c(Nc3cccc(F)c3)c(C#N)cnc12. The lowest BCUT2D eigenvalue weighted by atomic mass is 10.1. The molecule has 0 fully saturated rings. The van der Waals surface area contributed by atoms with E-state index in [9.17, 15) is 9.65 Å². The van der Waals surface area contributed by atoms with Gasteiger partial charge in [0.2, 0.25) is 0 Å². The van der Waals surface area contributed by atoms with Gasteiger partial charge in [0.05, 0.1) is 18.4 Å². The first-order chi connectivity index (χ1) is 10.7. The molecule has 0 amide bonds. The van der Waals surface area contributed by atoms with Gasteiger partial charge >= 0.3 is 0 Å². The zero-order valence-electron chi connectivity index (χ0n) is 11.8. The van der Waals surface area contributed by atoms with Crippen LogP contribution >= 0.6 is 0 Å². The molecule has 4 nitrogen and oxygen atoms in total. The largest absolute Gasteiger partial charge is 0.494 e. The van der Waals surface area contributed by atoms with Gasteiger partial charge in [0.1, 0.15) is 23.2 Å². The van der Waals surface area contributed by atoms with Gasteiger partial charge in [-0.15, -0.1) is 0 Å². The number of aromatic nitrogens is 1. The molecule has 0 radical (unpaired) electrons. The minimum absolute atomic E-state index is 0.348. The molecule has 0 aliphatic rings. The predicted molar refractivity (Wildman–Crippen MR) is 82.7 cm³/mol. The Morgan fingerprint density at radius 2 is 2.05 bits per heavy atom. The molecule has 0 aliphatic heterocycles. The van der Waals surface area contributed by atoms with Gasteiger partial charge in [0.15, 0.2) is 0 Å². The molecule has 0 bridgehead atoms. The van der Waals surface area contributed by atoms with E-state index in [0.29, 0.717) is 28.2 Å². The van der Waals surface area contributed by atoms with Crippen molar-refractivity contribution < 1.29 is 9.13 Å². The number of nitrogens with one attached hydrogen (secondary N) is 1. The summed E-state index contributed by atoms with van der Waals surface area (Å²) in [6.07, 6.45) is 1.48. The van der Waals surface area contributed by atoms with Crippen molar-refractivity contribution in [2.24, 2.45) is 0 Å². The van der Waals surface area contributed by atoms with Gasteiger partial charge in [-0.1, -0.05) is 18.2 Å². The van der Waals surface area contributed by atoms with Gasteiger partial charge in [-0.25, -0.2) is 4.39 Å². The molecule has 0 atom stereocenters. The zero-order chi connectivity index (χ0) is 15.5. The maximum absolute atomic E-state index is 13.3. The summed E-state index contributed by atoms with van der Waals surface area (Å²) in [5, 5.41) is 13.1. The topological polar surface area (TPSA) is 57.9 Å². The zero-order valence-corrected chi connectivity index (χ0v) is 11.8. The molecule has 1 N–H and O–H groups in total. The molecule has 0 unspecified atom stereocenters. The lowest BCUT2D eigenvalue weighted by Gasteiger charge is -2.13. The molecular weight excluding hydrogens is 281 g/mol. The molecule has 5 heteroatoms. The van der Waals surface area contributed by atoms with E-state index in [4.69, 9.17) is 4.74 Å². The monoisotopic (exact) mass is 293 g/mol. The molecule has 22 heavy (non-hydrogen) atoms. The third-order valence-corrected chi connectivity index (χ3v) is 3.29. The van der Waals surface area contributed by atoms with Crippen molar-refractivity contribution in [3.63, 3.8) is 0 Å². The first kappa shape index (κ1) is 13.8. The number of rotatable bonds is 3. The summed E-state index contributed by atoms with van der Waals surface area (Å²) >= 11 is 0. The van der Waals surface area contributed by atoms with Crippen LogP contribution in [-0.2, 0) is 0 Å². The van der Waals surface area contributed by atoms with Crippen LogP contribution in [0.2, 0.25) is 0 Å². The minimum Gasteiger partial charge on any atom is -0.494 e. The smallest absolute Gasteiger partial charge is 0.145 e. The highest BCUT2D eigenvalue weighted by Gasteiger charge is 2.12. The second-order valence-electron chi connectivity index (χ2n) is 4.65. The maximum Gasteiger partial charge on any atom is 0.145 e. The second kappa shape index (κ2) is 5.70. The molecule has 0 aliphatic carbocycles. The highest BCUT2D eigenvalue weighted by atomic mass is 19.1. The van der Waals surface area contributed by atoms with Crippen molar-refractivity contribution in [3.8, 4) is 11.8 Å². The van der Waals surface area contributed by atoms with Crippen LogP contribution in [0.25, 0.3) is 10.9 Å². The number of benzene rings is 2. The van der Waals surface area contributed by atoms with Gasteiger partial charge in [0, 0.05) is 17.3 Å². The molecule has 2 aromatic carbocycles. The van der Waals surface area contributed by atoms with E-state index in [1.165, 1.54) is 18.3 Å². The van der Waals surface area contributed by atoms with Crippen LogP contribution in [0.4, 0.5) is 15.8 Å². The molecule has 0 saturated heterocycles. The lowest BCUT2D eigenvalue weighted by molar-refractivity contribution is 0.419. The van der Waals surface area contributed by atoms with Gasteiger partial charge < -0.3 is 10.1 Å². The van der Waals surface area contributed by atoms with Gasteiger partial charge in [0.25, 0.3) is 0 Å². The molecule has 3 aromatic rings. The molecule has 108 valence electrons. The average Bonchev–Trinajstić information content (AvgIpc) is 2.54. The fourth-order valence-corrected chi connectivity index (χ4v) is 2.29. The number of pyridine rings is 1. The standard InChI is InChI=1S/C17H12FN3O/c1-22-15-7-3-6-14-16(11(9-19)10-20-17(14)15)21-13-5-2-4-12(18)8-13/h2-8,10H,1H3,(H,20,21). The van der Waals surface area contributed by atoms with E-state index in [0.717, 1.165) is 5.39 Å². The Morgan fingerprint density at radius 3 is 2.77 bits per heavy atom. The number of methoxy groups -OCH3 is 1. The van der Waals surface area contributed by atoms with E-state index >= 15 is 0 Å². The van der Waals surface area contributed by atoms with Crippen molar-refractivity contribution in [1.82, 2.24) is 4.98 Å². The van der Waals surface area contributed by atoms with E-state index in [-0.39, 0.29) is 5.82 Å². The van der Waals surface area contributed by atoms with Gasteiger partial charge in [-0.05, 0) is 24.3 Å². The van der Waals surface area contributed by atoms with Crippen LogP contribution in [0.5, 0.6) is 5.75 Å². The Labute approximate surface area is 126 Å². The van der Waals surface area contributed by atoms with E-state index in [2.05, 4.69) is 16.4 Å². The van der Waals surface area contributed by atoms with Crippen LogP contribution in [0.3, 0.4) is 0 Å². The number of fused-ring (bicyclic) bond motifs is 1. The van der Waals surface area contributed by atoms with Crippen LogP contribution in [0.15, 0.2) is 48.7 Å². The maximum atomic E-state index is 13.3. The number of para-hydroxylation sites is 1. The predicted octanol–water partition coefficient (Wildman–Crippen LogP) is 4.00. The third kappa shape index (κ3) is 2.42. The van der Waals surface area contributed by atoms with Crippen LogP contribution in [0.1, 0.15) is 5.56 Å². The van der Waals surface area contributed by atoms with Crippen LogP contribution < -0.4 is 10.1 Å². The second-order valence-corrected chi connectivity index (χ2v) is 4.65. The average molecular weight is 293 g/mol. The summed E-state index contributed by atoms with van der Waals surface area (Å²) in [4.78, 5) is 4.28. The number of hydrogen-bond acceptors (Lipinski definition) is 4. The number of nitrogens with zero attached hydrogens (tertiary/aromatic N) is 2. The van der Waals surface area contributed by atoms with Crippen LogP contribution in [-0.4, -0.2) is 12.1 Å². The van der Waals surface area contributed by atoms with Gasteiger partial charge in [-0.2, -0.15) is 5.26 Å². The number of anilines is 2. The van der Waals surface area contributed by atoms with Crippen molar-refractivity contribution in [2.75, 3.05) is 12.4 Å². The van der Waals surface area contributed by atoms with Crippen LogP contribution in [0, 0.1) is 17.1 Å². The Balaban J connectivity index is 2.20. The summed E-state index contributed by atoms with van der Waals surface area (Å²) in [5.41, 5.74) is 2.16. The third-order valence-electron chi connectivity index (χ3n) is 3.29. The quantitative estimate of drug-likeness (QED) is 0.793. The summed E-state index contributed by atoms with van der Waals surface area (Å²) in [6, 6.07) is 13.6. The Bertz CT molecular complexity index is 887. The lowest BCUT2D eigenvalue weighted by Crippen LogP contribution is -1.98. The highest BCUT2D eigenvalue weighted by Crippen LogP contribution is 2.33. The first-order valence-corrected chi connectivity index (χ1v) is 6.61. The van der Waals surface area contributed by atoms with Crippen molar-refractivity contribution in [3.05, 3.63) is 60.0 Å². The Kier molecular flexibility index (Phi) is 3.58. The van der Waals surface area contributed by atoms with E-state index < -0.39 is 0 Å². The summed E-state index contributed by atoms with van der Waals surface area (Å²) in [5.74, 6) is 0.267. The highest BCUT2D eigenvalue weighted by molar-refractivity contribution is 5.98. The summed E-state index contributed by atoms with van der Waals surface area (Å²) in [7, 11) is 1.56. The van der Waals surface area contributed by atoms with Crippen molar-refractivity contribution in [1.29, 1.82) is 5.26 Å². The first-order valence-electron chi connectivity index (χ1n) is 6.61. The normalized spacial score (nSPS) is 10.2. The number of halogens is 1. The number of ether oxygens (including phenoxy) is 1. The van der Waals surface area contributed by atoms with E-state index in [1.807, 2.05) is 12.1 Å². The molecule has 1 aromatic heterocycles. The Morgan fingerprint density at radius 1 is 1.23 bits per heavy atom. The fourth-order valence-electron chi connectivity index (χ4n) is 2.29. The molecule has 0 saturated carbocycles. The van der Waals surface area contributed by atoms with Crippen molar-refractivity contribution >= 4 is 22.3 Å². The number of hydrogen-bond donors (Lipinski definition) is 1. The summed E-state index contributed by atoms with van der Waals surface area (Å²) < 4.78 is 18.6. The number of nitriles is 1. The van der Waals surface area contributed by atoms with Crippen molar-refractivity contribution in [2.45, 2.75) is 0 Å². The minimum atomic E-state index is -0.348. The molecular formula is C17H12FN3O. The fraction of sp³-hybridized carbons (Fsp3) is 0.0588. The Hall–Kier alpha value is -3.13. The molecule has 0 spiro atoms.